The fraction of sp³-hybridized carbons (Fsp3) is 0.333. The van der Waals surface area contributed by atoms with E-state index in [4.69, 9.17) is 4.74 Å². The highest BCUT2D eigenvalue weighted by atomic mass is 16.5. The number of fused-ring (bicyclic) bond motifs is 3. The summed E-state index contributed by atoms with van der Waals surface area (Å²) in [7, 11) is 0. The van der Waals surface area contributed by atoms with Crippen molar-refractivity contribution in [2.75, 3.05) is 13.2 Å². The zero-order valence-corrected chi connectivity index (χ0v) is 8.27. The highest BCUT2D eigenvalue weighted by Crippen LogP contribution is 2.30. The first kappa shape index (κ1) is 8.80. The van der Waals surface area contributed by atoms with Gasteiger partial charge in [-0.25, -0.2) is 4.99 Å². The maximum atomic E-state index is 11.7. The van der Waals surface area contributed by atoms with Crippen molar-refractivity contribution in [3.63, 3.8) is 0 Å². The van der Waals surface area contributed by atoms with Crippen LogP contribution in [-0.2, 0) is 4.74 Å². The monoisotopic (exact) mass is 201 g/mol. The molecule has 1 amide bonds. The van der Waals surface area contributed by atoms with Gasteiger partial charge in [0.2, 0.25) is 0 Å². The molecule has 76 valence electrons. The van der Waals surface area contributed by atoms with Gasteiger partial charge in [0.1, 0.15) is 0 Å². The molecule has 0 radical (unpaired) electrons. The van der Waals surface area contributed by atoms with E-state index >= 15 is 0 Å². The Hall–Kier alpha value is -1.48. The standard InChI is InChI=1S/C12H11NO2/c14-12-9-4-2-1-3-8(9)10-7-15-6-5-11(10)13-12/h1-4,10H,5-7H2. The average molecular weight is 201 g/mol. The summed E-state index contributed by atoms with van der Waals surface area (Å²) >= 11 is 0. The van der Waals surface area contributed by atoms with Gasteiger partial charge in [0.25, 0.3) is 5.91 Å². The zero-order valence-electron chi connectivity index (χ0n) is 8.27. The molecule has 3 nitrogen and oxygen atoms in total. The van der Waals surface area contributed by atoms with Crippen molar-refractivity contribution in [1.82, 2.24) is 0 Å². The Labute approximate surface area is 87.8 Å². The molecule has 15 heavy (non-hydrogen) atoms. The second-order valence-electron chi connectivity index (χ2n) is 3.87. The Morgan fingerprint density at radius 2 is 2.20 bits per heavy atom. The maximum Gasteiger partial charge on any atom is 0.277 e. The van der Waals surface area contributed by atoms with E-state index in [9.17, 15) is 4.79 Å². The van der Waals surface area contributed by atoms with Gasteiger partial charge < -0.3 is 4.74 Å². The van der Waals surface area contributed by atoms with E-state index < -0.39 is 0 Å². The molecule has 1 fully saturated rings. The number of hydrogen-bond donors (Lipinski definition) is 0. The second kappa shape index (κ2) is 3.28. The topological polar surface area (TPSA) is 38.7 Å². The van der Waals surface area contributed by atoms with Crippen LogP contribution in [0.1, 0.15) is 28.3 Å². The van der Waals surface area contributed by atoms with E-state index in [0.29, 0.717) is 13.2 Å². The fourth-order valence-electron chi connectivity index (χ4n) is 2.24. The van der Waals surface area contributed by atoms with Crippen LogP contribution in [0.15, 0.2) is 29.3 Å². The Morgan fingerprint density at radius 3 is 3.13 bits per heavy atom. The van der Waals surface area contributed by atoms with Gasteiger partial charge in [0, 0.05) is 23.6 Å². The average Bonchev–Trinajstić information content (AvgIpc) is 2.30. The van der Waals surface area contributed by atoms with Crippen LogP contribution in [0.25, 0.3) is 0 Å². The van der Waals surface area contributed by atoms with Gasteiger partial charge >= 0.3 is 0 Å². The van der Waals surface area contributed by atoms with Crippen molar-refractivity contribution >= 4 is 11.6 Å². The van der Waals surface area contributed by atoms with Crippen molar-refractivity contribution in [2.45, 2.75) is 12.3 Å². The van der Waals surface area contributed by atoms with E-state index in [1.807, 2.05) is 24.3 Å². The molecule has 0 aromatic heterocycles. The molecule has 1 unspecified atom stereocenters. The van der Waals surface area contributed by atoms with E-state index in [1.54, 1.807) is 0 Å². The number of benzene rings is 1. The summed E-state index contributed by atoms with van der Waals surface area (Å²) in [5.41, 5.74) is 2.80. The summed E-state index contributed by atoms with van der Waals surface area (Å²) in [6.07, 6.45) is 0.782. The molecule has 1 aromatic rings. The van der Waals surface area contributed by atoms with Crippen molar-refractivity contribution in [2.24, 2.45) is 4.99 Å². The molecule has 0 bridgehead atoms. The normalized spacial score (nSPS) is 24.1. The van der Waals surface area contributed by atoms with Crippen LogP contribution in [0.4, 0.5) is 0 Å². The van der Waals surface area contributed by atoms with E-state index in [-0.39, 0.29) is 11.8 Å². The highest BCUT2D eigenvalue weighted by Gasteiger charge is 2.30. The number of nitrogens with zero attached hydrogens (tertiary/aromatic N) is 1. The number of carbonyl (C=O) groups is 1. The van der Waals surface area contributed by atoms with Gasteiger partial charge in [0.05, 0.1) is 13.2 Å². The molecule has 0 aliphatic carbocycles. The van der Waals surface area contributed by atoms with Gasteiger partial charge in [-0.3, -0.25) is 4.79 Å². The largest absolute Gasteiger partial charge is 0.380 e. The number of carbonyl (C=O) groups excluding carboxylic acids is 1. The predicted octanol–water partition coefficient (Wildman–Crippen LogP) is 1.79. The van der Waals surface area contributed by atoms with Gasteiger partial charge in [0.15, 0.2) is 0 Å². The highest BCUT2D eigenvalue weighted by molar-refractivity contribution is 6.11. The number of aliphatic imine (C=N–C) groups is 1. The summed E-state index contributed by atoms with van der Waals surface area (Å²) in [5.74, 6) is 0.103. The van der Waals surface area contributed by atoms with Crippen LogP contribution < -0.4 is 0 Å². The minimum Gasteiger partial charge on any atom is -0.380 e. The van der Waals surface area contributed by atoms with Crippen LogP contribution in [0.2, 0.25) is 0 Å². The van der Waals surface area contributed by atoms with Crippen LogP contribution in [0.5, 0.6) is 0 Å². The molecule has 3 rings (SSSR count). The summed E-state index contributed by atoms with van der Waals surface area (Å²) < 4.78 is 5.44. The Bertz CT molecular complexity index is 451. The van der Waals surface area contributed by atoms with Crippen LogP contribution >= 0.6 is 0 Å². The summed E-state index contributed by atoms with van der Waals surface area (Å²) in [4.78, 5) is 15.9. The van der Waals surface area contributed by atoms with Crippen molar-refractivity contribution < 1.29 is 9.53 Å². The van der Waals surface area contributed by atoms with Crippen LogP contribution in [0.3, 0.4) is 0 Å². The lowest BCUT2D eigenvalue weighted by atomic mass is 9.85. The van der Waals surface area contributed by atoms with E-state index in [1.165, 1.54) is 0 Å². The molecular weight excluding hydrogens is 190 g/mol. The smallest absolute Gasteiger partial charge is 0.277 e. The zero-order chi connectivity index (χ0) is 10.3. The fourth-order valence-corrected chi connectivity index (χ4v) is 2.24. The lowest BCUT2D eigenvalue weighted by molar-refractivity contribution is 0.0978. The van der Waals surface area contributed by atoms with Crippen molar-refractivity contribution in [1.29, 1.82) is 0 Å². The van der Waals surface area contributed by atoms with Gasteiger partial charge in [-0.1, -0.05) is 18.2 Å². The third-order valence-corrected chi connectivity index (χ3v) is 3.00. The number of rotatable bonds is 0. The first-order valence-electron chi connectivity index (χ1n) is 5.15. The van der Waals surface area contributed by atoms with Gasteiger partial charge in [-0.15, -0.1) is 0 Å². The van der Waals surface area contributed by atoms with E-state index in [2.05, 4.69) is 4.99 Å². The minimum absolute atomic E-state index is 0.0984. The molecule has 0 N–H and O–H groups in total. The number of hydrogen-bond acceptors (Lipinski definition) is 2. The summed E-state index contributed by atoms with van der Waals surface area (Å²) in [5, 5.41) is 0. The summed E-state index contributed by atoms with van der Waals surface area (Å²) in [6.45, 7) is 1.34. The Balaban J connectivity index is 2.14. The minimum atomic E-state index is -0.0984. The molecule has 2 heterocycles. The first-order valence-corrected chi connectivity index (χ1v) is 5.15. The molecule has 1 atom stereocenters. The maximum absolute atomic E-state index is 11.7. The van der Waals surface area contributed by atoms with Crippen molar-refractivity contribution in [3.8, 4) is 0 Å². The number of ether oxygens (including phenoxy) is 1. The Morgan fingerprint density at radius 1 is 1.33 bits per heavy atom. The molecule has 1 saturated heterocycles. The van der Waals surface area contributed by atoms with Crippen molar-refractivity contribution in [3.05, 3.63) is 35.4 Å². The lowest BCUT2D eigenvalue weighted by Crippen LogP contribution is -2.31. The molecule has 1 aromatic carbocycles. The Kier molecular flexibility index (Phi) is 1.92. The third kappa shape index (κ3) is 1.31. The second-order valence-corrected chi connectivity index (χ2v) is 3.87. The molecule has 3 heteroatoms. The molecule has 2 aliphatic heterocycles. The quantitative estimate of drug-likeness (QED) is 0.641. The molecule has 2 aliphatic rings. The molecular formula is C12H11NO2. The predicted molar refractivity (Wildman–Crippen MR) is 56.4 cm³/mol. The third-order valence-electron chi connectivity index (χ3n) is 3.00. The van der Waals surface area contributed by atoms with Gasteiger partial charge in [-0.2, -0.15) is 0 Å². The molecule has 0 spiro atoms. The van der Waals surface area contributed by atoms with Gasteiger partial charge in [-0.05, 0) is 11.6 Å². The van der Waals surface area contributed by atoms with Crippen LogP contribution in [-0.4, -0.2) is 24.8 Å². The first-order chi connectivity index (χ1) is 7.36. The lowest BCUT2D eigenvalue weighted by Gasteiger charge is -2.28. The van der Waals surface area contributed by atoms with Crippen LogP contribution in [0, 0.1) is 0 Å². The number of amides is 1. The van der Waals surface area contributed by atoms with E-state index in [0.717, 1.165) is 23.3 Å². The summed E-state index contributed by atoms with van der Waals surface area (Å²) in [6, 6.07) is 7.68. The molecule has 0 saturated carbocycles. The SMILES string of the molecule is O=C1N=C2CCOCC2c2ccccc21.